The van der Waals surface area contributed by atoms with E-state index < -0.39 is 9.84 Å². The van der Waals surface area contributed by atoms with Gasteiger partial charge in [0.15, 0.2) is 9.84 Å². The molecule has 5 heteroatoms. The van der Waals surface area contributed by atoms with Crippen LogP contribution in [0.15, 0.2) is 47.5 Å². The molecule has 0 unspecified atom stereocenters. The highest BCUT2D eigenvalue weighted by Crippen LogP contribution is 2.20. The lowest BCUT2D eigenvalue weighted by atomic mass is 10.1. The zero-order valence-corrected chi connectivity index (χ0v) is 10.1. The van der Waals surface area contributed by atoms with Gasteiger partial charge in [-0.1, -0.05) is 12.1 Å². The highest BCUT2D eigenvalue weighted by molar-refractivity contribution is 7.90. The molecule has 0 aliphatic rings. The van der Waals surface area contributed by atoms with Crippen molar-refractivity contribution in [3.05, 3.63) is 42.6 Å². The Hall–Kier alpha value is -1.88. The third-order valence-electron chi connectivity index (χ3n) is 2.36. The number of nitrogen functional groups attached to an aromatic ring is 1. The van der Waals surface area contributed by atoms with E-state index in [2.05, 4.69) is 4.98 Å². The van der Waals surface area contributed by atoms with Crippen molar-refractivity contribution in [1.29, 1.82) is 0 Å². The van der Waals surface area contributed by atoms with Gasteiger partial charge in [0.25, 0.3) is 0 Å². The lowest BCUT2D eigenvalue weighted by Crippen LogP contribution is -1.96. The van der Waals surface area contributed by atoms with Gasteiger partial charge in [-0.2, -0.15) is 0 Å². The van der Waals surface area contributed by atoms with Crippen LogP contribution in [0.1, 0.15) is 0 Å². The lowest BCUT2D eigenvalue weighted by molar-refractivity contribution is 0.602. The van der Waals surface area contributed by atoms with Crippen LogP contribution in [0.3, 0.4) is 0 Å². The molecule has 0 radical (unpaired) electrons. The molecule has 4 nitrogen and oxygen atoms in total. The van der Waals surface area contributed by atoms with Gasteiger partial charge >= 0.3 is 0 Å². The molecule has 2 rings (SSSR count). The van der Waals surface area contributed by atoms with Crippen molar-refractivity contribution in [2.45, 2.75) is 4.90 Å². The van der Waals surface area contributed by atoms with Gasteiger partial charge in [0, 0.05) is 23.7 Å². The van der Waals surface area contributed by atoms with Crippen molar-refractivity contribution in [3.63, 3.8) is 0 Å². The quantitative estimate of drug-likeness (QED) is 0.878. The molecule has 2 aromatic rings. The number of nitrogens with two attached hydrogens (primary N) is 1. The summed E-state index contributed by atoms with van der Waals surface area (Å²) in [5.74, 6) is 0. The zero-order valence-electron chi connectivity index (χ0n) is 9.29. The van der Waals surface area contributed by atoms with Gasteiger partial charge in [-0.15, -0.1) is 0 Å². The lowest BCUT2D eigenvalue weighted by Gasteiger charge is -2.03. The van der Waals surface area contributed by atoms with Crippen LogP contribution in [-0.4, -0.2) is 19.7 Å². The summed E-state index contributed by atoms with van der Waals surface area (Å²) < 4.78 is 22.6. The summed E-state index contributed by atoms with van der Waals surface area (Å²) in [6, 6.07) is 10.0. The highest BCUT2D eigenvalue weighted by Gasteiger charge is 2.07. The van der Waals surface area contributed by atoms with Gasteiger partial charge in [-0.25, -0.2) is 8.42 Å². The van der Waals surface area contributed by atoms with Crippen molar-refractivity contribution in [2.24, 2.45) is 0 Å². The monoisotopic (exact) mass is 248 g/mol. The molecule has 2 N–H and O–H groups in total. The van der Waals surface area contributed by atoms with E-state index in [0.717, 1.165) is 11.3 Å². The molecule has 0 bridgehead atoms. The zero-order chi connectivity index (χ0) is 12.5. The molecule has 0 aliphatic heterocycles. The average Bonchev–Trinajstić information content (AvgIpc) is 2.28. The Labute approximate surface area is 100 Å². The standard InChI is InChI=1S/C12H12N2O2S/c1-17(15,16)11-4-2-9(3-5-11)12-8-10(13)6-7-14-12/h2-8H,1H3,(H2,13,14). The Morgan fingerprint density at radius 2 is 1.76 bits per heavy atom. The van der Waals surface area contributed by atoms with E-state index in [4.69, 9.17) is 5.73 Å². The number of anilines is 1. The number of rotatable bonds is 2. The fourth-order valence-electron chi connectivity index (χ4n) is 1.48. The van der Waals surface area contributed by atoms with E-state index in [-0.39, 0.29) is 0 Å². The number of benzene rings is 1. The molecule has 0 saturated heterocycles. The summed E-state index contributed by atoms with van der Waals surface area (Å²) in [6.07, 6.45) is 2.80. The third-order valence-corrected chi connectivity index (χ3v) is 3.49. The van der Waals surface area contributed by atoms with Crippen LogP contribution >= 0.6 is 0 Å². The molecular formula is C12H12N2O2S. The summed E-state index contributed by atoms with van der Waals surface area (Å²) >= 11 is 0. The minimum Gasteiger partial charge on any atom is -0.399 e. The van der Waals surface area contributed by atoms with E-state index >= 15 is 0 Å². The fourth-order valence-corrected chi connectivity index (χ4v) is 2.11. The van der Waals surface area contributed by atoms with E-state index in [1.54, 1.807) is 42.6 Å². The molecular weight excluding hydrogens is 236 g/mol. The minimum atomic E-state index is -3.16. The molecule has 0 amide bonds. The first-order valence-corrected chi connectivity index (χ1v) is 6.88. The van der Waals surface area contributed by atoms with Crippen molar-refractivity contribution >= 4 is 15.5 Å². The van der Waals surface area contributed by atoms with Gasteiger partial charge in [-0.3, -0.25) is 4.98 Å². The fraction of sp³-hybridized carbons (Fsp3) is 0.0833. The molecule has 0 aliphatic carbocycles. The molecule has 0 spiro atoms. The number of nitrogens with zero attached hydrogens (tertiary/aromatic N) is 1. The number of sulfone groups is 1. The maximum Gasteiger partial charge on any atom is 0.175 e. The molecule has 1 aromatic heterocycles. The Kier molecular flexibility index (Phi) is 2.85. The maximum atomic E-state index is 11.3. The first-order valence-electron chi connectivity index (χ1n) is 4.99. The van der Waals surface area contributed by atoms with Crippen molar-refractivity contribution < 1.29 is 8.42 Å². The molecule has 0 atom stereocenters. The largest absolute Gasteiger partial charge is 0.399 e. The summed E-state index contributed by atoms with van der Waals surface area (Å²) in [5, 5.41) is 0. The van der Waals surface area contributed by atoms with Crippen molar-refractivity contribution in [1.82, 2.24) is 4.98 Å². The average molecular weight is 248 g/mol. The van der Waals surface area contributed by atoms with Crippen LogP contribution in [-0.2, 0) is 9.84 Å². The predicted octanol–water partition coefficient (Wildman–Crippen LogP) is 1.73. The van der Waals surface area contributed by atoms with Gasteiger partial charge in [-0.05, 0) is 24.3 Å². The molecule has 1 heterocycles. The predicted molar refractivity (Wildman–Crippen MR) is 67.2 cm³/mol. The number of pyridine rings is 1. The van der Waals surface area contributed by atoms with Gasteiger partial charge in [0.05, 0.1) is 10.6 Å². The molecule has 1 aromatic carbocycles. The van der Waals surface area contributed by atoms with E-state index in [0.29, 0.717) is 10.6 Å². The Bertz CT molecular complexity index is 634. The first-order chi connectivity index (χ1) is 7.97. The van der Waals surface area contributed by atoms with Gasteiger partial charge in [0.2, 0.25) is 0 Å². The van der Waals surface area contributed by atoms with E-state index in [9.17, 15) is 8.42 Å². The molecule has 88 valence electrons. The third kappa shape index (κ3) is 2.62. The van der Waals surface area contributed by atoms with Crippen LogP contribution < -0.4 is 5.73 Å². The number of hydrogen-bond acceptors (Lipinski definition) is 4. The van der Waals surface area contributed by atoms with E-state index in [1.807, 2.05) is 0 Å². The number of aromatic nitrogens is 1. The minimum absolute atomic E-state index is 0.296. The molecule has 0 saturated carbocycles. The van der Waals surface area contributed by atoms with Crippen LogP contribution in [0.25, 0.3) is 11.3 Å². The number of hydrogen-bond donors (Lipinski definition) is 1. The van der Waals surface area contributed by atoms with Gasteiger partial charge < -0.3 is 5.73 Å². The van der Waals surface area contributed by atoms with Crippen molar-refractivity contribution in [3.8, 4) is 11.3 Å². The molecule has 0 fully saturated rings. The Morgan fingerprint density at radius 1 is 1.12 bits per heavy atom. The van der Waals surface area contributed by atoms with Crippen LogP contribution in [0.4, 0.5) is 5.69 Å². The molecule has 17 heavy (non-hydrogen) atoms. The van der Waals surface area contributed by atoms with E-state index in [1.165, 1.54) is 6.26 Å². The van der Waals surface area contributed by atoms with Crippen LogP contribution in [0, 0.1) is 0 Å². The second-order valence-electron chi connectivity index (χ2n) is 3.77. The Morgan fingerprint density at radius 3 is 2.29 bits per heavy atom. The van der Waals surface area contributed by atoms with Gasteiger partial charge in [0.1, 0.15) is 0 Å². The Balaban J connectivity index is 2.43. The maximum absolute atomic E-state index is 11.3. The smallest absolute Gasteiger partial charge is 0.175 e. The summed E-state index contributed by atoms with van der Waals surface area (Å²) in [4.78, 5) is 4.47. The summed E-state index contributed by atoms with van der Waals surface area (Å²) in [7, 11) is -3.16. The summed E-state index contributed by atoms with van der Waals surface area (Å²) in [6.45, 7) is 0. The van der Waals surface area contributed by atoms with Crippen molar-refractivity contribution in [2.75, 3.05) is 12.0 Å². The normalized spacial score (nSPS) is 11.4. The highest BCUT2D eigenvalue weighted by atomic mass is 32.2. The second kappa shape index (κ2) is 4.18. The van der Waals surface area contributed by atoms with Crippen LogP contribution in [0.5, 0.6) is 0 Å². The SMILES string of the molecule is CS(=O)(=O)c1ccc(-c2cc(N)ccn2)cc1. The topological polar surface area (TPSA) is 73.0 Å². The van der Waals surface area contributed by atoms with Crippen LogP contribution in [0.2, 0.25) is 0 Å². The summed E-state index contributed by atoms with van der Waals surface area (Å²) in [5.41, 5.74) is 7.85. The first kappa shape index (κ1) is 11.6. The second-order valence-corrected chi connectivity index (χ2v) is 5.79.